The minimum absolute atomic E-state index is 0.203. The van der Waals surface area contributed by atoms with Gasteiger partial charge in [0.15, 0.2) is 0 Å². The summed E-state index contributed by atoms with van der Waals surface area (Å²) in [5.74, 6) is 0.384. The van der Waals surface area contributed by atoms with Crippen LogP contribution in [0.2, 0.25) is 0 Å². The van der Waals surface area contributed by atoms with Crippen molar-refractivity contribution in [2.45, 2.75) is 45.1 Å². The minimum atomic E-state index is 0.203. The zero-order valence-electron chi connectivity index (χ0n) is 9.04. The summed E-state index contributed by atoms with van der Waals surface area (Å²) in [5.41, 5.74) is 0. The zero-order chi connectivity index (χ0) is 10.4. The molecule has 1 rings (SSSR count). The van der Waals surface area contributed by atoms with E-state index in [9.17, 15) is 4.79 Å². The molecule has 1 N–H and O–H groups in total. The van der Waals surface area contributed by atoms with E-state index in [1.807, 2.05) is 0 Å². The molecule has 0 amide bonds. The molecule has 0 spiro atoms. The molecule has 0 aromatic carbocycles. The SMILES string of the molecule is CCCCN(CCO)C1CCC(=O)C1. The van der Waals surface area contributed by atoms with Crippen molar-refractivity contribution in [1.82, 2.24) is 4.90 Å². The van der Waals surface area contributed by atoms with Crippen molar-refractivity contribution in [1.29, 1.82) is 0 Å². The van der Waals surface area contributed by atoms with E-state index in [2.05, 4.69) is 11.8 Å². The van der Waals surface area contributed by atoms with Crippen molar-refractivity contribution >= 4 is 5.78 Å². The summed E-state index contributed by atoms with van der Waals surface area (Å²) in [6.45, 7) is 4.11. The number of hydrogen-bond acceptors (Lipinski definition) is 3. The van der Waals surface area contributed by atoms with Gasteiger partial charge in [-0.15, -0.1) is 0 Å². The lowest BCUT2D eigenvalue weighted by molar-refractivity contribution is -0.117. The number of carbonyl (C=O) groups excluding carboxylic acids is 1. The number of unbranched alkanes of at least 4 members (excludes halogenated alkanes) is 1. The Morgan fingerprint density at radius 1 is 1.50 bits per heavy atom. The van der Waals surface area contributed by atoms with Crippen LogP contribution in [0.1, 0.15) is 39.0 Å². The maximum absolute atomic E-state index is 11.1. The number of rotatable bonds is 6. The van der Waals surface area contributed by atoms with Crippen molar-refractivity contribution in [2.75, 3.05) is 19.7 Å². The highest BCUT2D eigenvalue weighted by Crippen LogP contribution is 2.20. The van der Waals surface area contributed by atoms with Crippen molar-refractivity contribution in [3.05, 3.63) is 0 Å². The van der Waals surface area contributed by atoms with Crippen LogP contribution in [-0.2, 0) is 4.79 Å². The van der Waals surface area contributed by atoms with Gasteiger partial charge in [0.2, 0.25) is 0 Å². The molecule has 0 aromatic heterocycles. The van der Waals surface area contributed by atoms with E-state index in [1.54, 1.807) is 0 Å². The summed E-state index contributed by atoms with van der Waals surface area (Å²) in [6.07, 6.45) is 4.75. The van der Waals surface area contributed by atoms with Gasteiger partial charge in [-0.2, -0.15) is 0 Å². The Labute approximate surface area is 86.1 Å². The van der Waals surface area contributed by atoms with Crippen molar-refractivity contribution in [2.24, 2.45) is 0 Å². The second kappa shape index (κ2) is 6.14. The van der Waals surface area contributed by atoms with E-state index >= 15 is 0 Å². The van der Waals surface area contributed by atoms with Gasteiger partial charge in [-0.3, -0.25) is 9.69 Å². The van der Waals surface area contributed by atoms with E-state index in [-0.39, 0.29) is 6.61 Å². The van der Waals surface area contributed by atoms with E-state index < -0.39 is 0 Å². The van der Waals surface area contributed by atoms with Gasteiger partial charge in [-0.25, -0.2) is 0 Å². The van der Waals surface area contributed by atoms with Crippen LogP contribution in [0.4, 0.5) is 0 Å². The highest BCUT2D eigenvalue weighted by atomic mass is 16.3. The highest BCUT2D eigenvalue weighted by molar-refractivity contribution is 5.81. The highest BCUT2D eigenvalue weighted by Gasteiger charge is 2.26. The molecule has 0 heterocycles. The molecule has 1 aliphatic carbocycles. The summed E-state index contributed by atoms with van der Waals surface area (Å²) < 4.78 is 0. The fourth-order valence-corrected chi connectivity index (χ4v) is 2.07. The number of Topliss-reactive ketones (excluding diaryl/α,β-unsaturated/α-hetero) is 1. The third-order valence-electron chi connectivity index (χ3n) is 2.92. The number of aliphatic hydroxyl groups excluding tert-OH is 1. The second-order valence-corrected chi connectivity index (χ2v) is 4.05. The monoisotopic (exact) mass is 199 g/mol. The van der Waals surface area contributed by atoms with Crippen molar-refractivity contribution in [3.63, 3.8) is 0 Å². The van der Waals surface area contributed by atoms with Crippen LogP contribution < -0.4 is 0 Å². The first-order chi connectivity index (χ1) is 6.77. The molecular formula is C11H21NO2. The van der Waals surface area contributed by atoms with E-state index in [4.69, 9.17) is 5.11 Å². The largest absolute Gasteiger partial charge is 0.395 e. The molecule has 0 aromatic rings. The number of hydrogen-bond donors (Lipinski definition) is 1. The standard InChI is InChI=1S/C11H21NO2/c1-2-3-6-12(7-8-13)10-4-5-11(14)9-10/h10,13H,2-9H2,1H3. The minimum Gasteiger partial charge on any atom is -0.395 e. The zero-order valence-corrected chi connectivity index (χ0v) is 9.04. The van der Waals surface area contributed by atoms with E-state index in [1.165, 1.54) is 6.42 Å². The lowest BCUT2D eigenvalue weighted by Gasteiger charge is -2.27. The van der Waals surface area contributed by atoms with Gasteiger partial charge < -0.3 is 5.11 Å². The molecule has 0 radical (unpaired) electrons. The Morgan fingerprint density at radius 3 is 2.79 bits per heavy atom. The average molecular weight is 199 g/mol. The first-order valence-corrected chi connectivity index (χ1v) is 5.64. The molecule has 14 heavy (non-hydrogen) atoms. The normalized spacial score (nSPS) is 22.2. The first-order valence-electron chi connectivity index (χ1n) is 5.64. The Morgan fingerprint density at radius 2 is 2.29 bits per heavy atom. The molecule has 1 atom stereocenters. The van der Waals surface area contributed by atoms with Gasteiger partial charge >= 0.3 is 0 Å². The van der Waals surface area contributed by atoms with Crippen molar-refractivity contribution < 1.29 is 9.90 Å². The molecule has 1 unspecified atom stereocenters. The smallest absolute Gasteiger partial charge is 0.134 e. The third-order valence-corrected chi connectivity index (χ3v) is 2.92. The average Bonchev–Trinajstić information content (AvgIpc) is 2.59. The predicted octanol–water partition coefficient (Wildman–Crippen LogP) is 1.20. The Balaban J connectivity index is 2.36. The van der Waals surface area contributed by atoms with E-state index in [0.717, 1.165) is 32.4 Å². The molecule has 0 aliphatic heterocycles. The predicted molar refractivity (Wildman–Crippen MR) is 56.2 cm³/mol. The maximum Gasteiger partial charge on any atom is 0.134 e. The quantitative estimate of drug-likeness (QED) is 0.699. The van der Waals surface area contributed by atoms with Gasteiger partial charge in [-0.1, -0.05) is 13.3 Å². The van der Waals surface area contributed by atoms with Crippen molar-refractivity contribution in [3.8, 4) is 0 Å². The second-order valence-electron chi connectivity index (χ2n) is 4.05. The fraction of sp³-hybridized carbons (Fsp3) is 0.909. The van der Waals surface area contributed by atoms with Crippen LogP contribution in [0.3, 0.4) is 0 Å². The van der Waals surface area contributed by atoms with Crippen LogP contribution >= 0.6 is 0 Å². The van der Waals surface area contributed by atoms with Gasteiger partial charge in [-0.05, 0) is 19.4 Å². The molecule has 1 fully saturated rings. The summed E-state index contributed by atoms with van der Waals surface area (Å²) >= 11 is 0. The Kier molecular flexibility index (Phi) is 5.12. The molecule has 0 saturated heterocycles. The summed E-state index contributed by atoms with van der Waals surface area (Å²) in [6, 6.07) is 0.404. The number of carbonyl (C=O) groups is 1. The lowest BCUT2D eigenvalue weighted by Crippen LogP contribution is -2.36. The summed E-state index contributed by atoms with van der Waals surface area (Å²) in [5, 5.41) is 8.94. The topological polar surface area (TPSA) is 40.5 Å². The Bertz CT molecular complexity index is 182. The van der Waals surface area contributed by atoms with Gasteiger partial charge in [0, 0.05) is 25.4 Å². The molecule has 1 aliphatic rings. The molecule has 82 valence electrons. The van der Waals surface area contributed by atoms with Crippen LogP contribution in [0.5, 0.6) is 0 Å². The molecule has 0 bridgehead atoms. The number of aliphatic hydroxyl groups is 1. The molecule has 3 nitrogen and oxygen atoms in total. The van der Waals surface area contributed by atoms with Crippen LogP contribution in [0.25, 0.3) is 0 Å². The van der Waals surface area contributed by atoms with Gasteiger partial charge in [0.05, 0.1) is 6.61 Å². The van der Waals surface area contributed by atoms with Gasteiger partial charge in [0.1, 0.15) is 5.78 Å². The van der Waals surface area contributed by atoms with Gasteiger partial charge in [0.25, 0.3) is 0 Å². The van der Waals surface area contributed by atoms with E-state index in [0.29, 0.717) is 18.2 Å². The third kappa shape index (κ3) is 3.39. The summed E-state index contributed by atoms with van der Waals surface area (Å²) in [7, 11) is 0. The fourth-order valence-electron chi connectivity index (χ4n) is 2.07. The van der Waals surface area contributed by atoms with Crippen LogP contribution in [0, 0.1) is 0 Å². The first kappa shape index (κ1) is 11.7. The number of ketones is 1. The molecule has 1 saturated carbocycles. The van der Waals surface area contributed by atoms with Crippen LogP contribution in [0.15, 0.2) is 0 Å². The maximum atomic E-state index is 11.1. The molecule has 3 heteroatoms. The Hall–Kier alpha value is -0.410. The summed E-state index contributed by atoms with van der Waals surface area (Å²) in [4.78, 5) is 13.4. The number of nitrogens with zero attached hydrogens (tertiary/aromatic N) is 1. The lowest BCUT2D eigenvalue weighted by atomic mass is 10.2. The molecular weight excluding hydrogens is 178 g/mol. The van der Waals surface area contributed by atoms with Crippen LogP contribution in [-0.4, -0.2) is 41.5 Å².